The molecule has 0 fully saturated rings. The molecule has 1 aromatic rings. The Balaban J connectivity index is 2.64. The molecule has 1 unspecified atom stereocenters. The lowest BCUT2D eigenvalue weighted by molar-refractivity contribution is 0.0360. The molecule has 1 atom stereocenters. The molecule has 0 heterocycles. The van der Waals surface area contributed by atoms with Crippen molar-refractivity contribution in [2.75, 3.05) is 13.2 Å². The van der Waals surface area contributed by atoms with E-state index in [1.165, 1.54) is 0 Å². The van der Waals surface area contributed by atoms with E-state index >= 15 is 0 Å². The molecule has 2 nitrogen and oxygen atoms in total. The quantitative estimate of drug-likeness (QED) is 0.835. The van der Waals surface area contributed by atoms with E-state index in [1.807, 2.05) is 25.1 Å². The van der Waals surface area contributed by atoms with Crippen molar-refractivity contribution in [2.45, 2.75) is 26.4 Å². The van der Waals surface area contributed by atoms with Crippen LogP contribution in [0.2, 0.25) is 0 Å². The Morgan fingerprint density at radius 1 is 1.47 bits per heavy atom. The first-order chi connectivity index (χ1) is 7.15. The summed E-state index contributed by atoms with van der Waals surface area (Å²) in [4.78, 5) is 0. The Bertz CT molecular complexity index is 312. The molecule has 0 saturated heterocycles. The monoisotopic (exact) mass is 272 g/mol. The molecule has 0 amide bonds. The molecule has 0 radical (unpaired) electrons. The van der Waals surface area contributed by atoms with Gasteiger partial charge in [0.1, 0.15) is 6.10 Å². The summed E-state index contributed by atoms with van der Waals surface area (Å²) in [5.74, 6) is 0. The highest BCUT2D eigenvalue weighted by atomic mass is 79.9. The third-order valence-electron chi connectivity index (χ3n) is 2.22. The van der Waals surface area contributed by atoms with Gasteiger partial charge in [0, 0.05) is 11.1 Å². The molecule has 0 bridgehead atoms. The van der Waals surface area contributed by atoms with E-state index < -0.39 is 6.10 Å². The van der Waals surface area contributed by atoms with Gasteiger partial charge in [0.2, 0.25) is 0 Å². The molecule has 15 heavy (non-hydrogen) atoms. The second-order valence-electron chi connectivity index (χ2n) is 3.59. The number of aliphatic hydroxyl groups excluding tert-OH is 1. The van der Waals surface area contributed by atoms with Gasteiger partial charge < -0.3 is 9.84 Å². The van der Waals surface area contributed by atoms with Crippen LogP contribution in [0.15, 0.2) is 22.7 Å². The van der Waals surface area contributed by atoms with Gasteiger partial charge in [0.15, 0.2) is 0 Å². The molecule has 1 N–H and O–H groups in total. The standard InChI is InChI=1S/C12H17BrO2/c1-3-6-15-8-12(14)11-7-10(13)5-4-9(11)2/h4-5,7,12,14H,3,6,8H2,1-2H3. The number of rotatable bonds is 5. The Kier molecular flexibility index (Phi) is 5.29. The highest BCUT2D eigenvalue weighted by Crippen LogP contribution is 2.22. The lowest BCUT2D eigenvalue weighted by Crippen LogP contribution is -2.09. The molecule has 1 rings (SSSR count). The third-order valence-corrected chi connectivity index (χ3v) is 2.72. The smallest absolute Gasteiger partial charge is 0.103 e. The summed E-state index contributed by atoms with van der Waals surface area (Å²) in [5, 5.41) is 9.91. The van der Waals surface area contributed by atoms with Crippen LogP contribution in [0.5, 0.6) is 0 Å². The summed E-state index contributed by atoms with van der Waals surface area (Å²) in [5.41, 5.74) is 2.02. The van der Waals surface area contributed by atoms with Crippen LogP contribution in [0.4, 0.5) is 0 Å². The van der Waals surface area contributed by atoms with E-state index in [0.29, 0.717) is 13.2 Å². The van der Waals surface area contributed by atoms with Gasteiger partial charge in [0.05, 0.1) is 6.61 Å². The lowest BCUT2D eigenvalue weighted by atomic mass is 10.0. The van der Waals surface area contributed by atoms with Crippen LogP contribution in [-0.4, -0.2) is 18.3 Å². The van der Waals surface area contributed by atoms with Gasteiger partial charge in [-0.15, -0.1) is 0 Å². The van der Waals surface area contributed by atoms with E-state index in [2.05, 4.69) is 22.9 Å². The number of hydrogen-bond donors (Lipinski definition) is 1. The summed E-state index contributed by atoms with van der Waals surface area (Å²) in [7, 11) is 0. The van der Waals surface area contributed by atoms with Gasteiger partial charge in [-0.05, 0) is 36.6 Å². The maximum Gasteiger partial charge on any atom is 0.103 e. The average Bonchev–Trinajstić information content (AvgIpc) is 2.22. The second kappa shape index (κ2) is 6.26. The molecular formula is C12H17BrO2. The predicted octanol–water partition coefficient (Wildman–Crippen LogP) is 3.22. The van der Waals surface area contributed by atoms with Crippen LogP contribution in [-0.2, 0) is 4.74 Å². The maximum atomic E-state index is 9.91. The zero-order valence-corrected chi connectivity index (χ0v) is 10.8. The second-order valence-corrected chi connectivity index (χ2v) is 4.51. The molecule has 0 saturated carbocycles. The number of aryl methyl sites for hydroxylation is 1. The number of halogens is 1. The van der Waals surface area contributed by atoms with Crippen LogP contribution >= 0.6 is 15.9 Å². The van der Waals surface area contributed by atoms with Crippen molar-refractivity contribution in [1.82, 2.24) is 0 Å². The molecule has 0 aliphatic rings. The Labute approximate surface area is 99.4 Å². The van der Waals surface area contributed by atoms with E-state index in [-0.39, 0.29) is 0 Å². The minimum atomic E-state index is -0.533. The molecular weight excluding hydrogens is 256 g/mol. The van der Waals surface area contributed by atoms with Crippen molar-refractivity contribution < 1.29 is 9.84 Å². The summed E-state index contributed by atoms with van der Waals surface area (Å²) in [6.45, 7) is 5.11. The maximum absolute atomic E-state index is 9.91. The predicted molar refractivity (Wildman–Crippen MR) is 64.9 cm³/mol. The van der Waals surface area contributed by atoms with Crippen molar-refractivity contribution in [3.63, 3.8) is 0 Å². The number of ether oxygens (including phenoxy) is 1. The first-order valence-electron chi connectivity index (χ1n) is 5.17. The summed E-state index contributed by atoms with van der Waals surface area (Å²) in [6, 6.07) is 5.90. The summed E-state index contributed by atoms with van der Waals surface area (Å²) < 4.78 is 6.31. The largest absolute Gasteiger partial charge is 0.386 e. The minimum absolute atomic E-state index is 0.366. The van der Waals surface area contributed by atoms with Crippen LogP contribution in [0.3, 0.4) is 0 Å². The molecule has 0 aliphatic carbocycles. The zero-order chi connectivity index (χ0) is 11.3. The highest BCUT2D eigenvalue weighted by molar-refractivity contribution is 9.10. The van der Waals surface area contributed by atoms with Crippen molar-refractivity contribution in [3.8, 4) is 0 Å². The van der Waals surface area contributed by atoms with Gasteiger partial charge in [-0.2, -0.15) is 0 Å². The fourth-order valence-electron chi connectivity index (χ4n) is 1.40. The zero-order valence-electron chi connectivity index (χ0n) is 9.16. The van der Waals surface area contributed by atoms with Crippen LogP contribution in [0.1, 0.15) is 30.6 Å². The van der Waals surface area contributed by atoms with E-state index in [0.717, 1.165) is 22.0 Å². The highest BCUT2D eigenvalue weighted by Gasteiger charge is 2.10. The first kappa shape index (κ1) is 12.7. The molecule has 0 spiro atoms. The van der Waals surface area contributed by atoms with Crippen molar-refractivity contribution in [2.24, 2.45) is 0 Å². The fraction of sp³-hybridized carbons (Fsp3) is 0.500. The minimum Gasteiger partial charge on any atom is -0.386 e. The average molecular weight is 273 g/mol. The first-order valence-corrected chi connectivity index (χ1v) is 5.96. The number of hydrogen-bond acceptors (Lipinski definition) is 2. The van der Waals surface area contributed by atoms with Gasteiger partial charge in [-0.25, -0.2) is 0 Å². The lowest BCUT2D eigenvalue weighted by Gasteiger charge is -2.14. The van der Waals surface area contributed by atoms with E-state index in [9.17, 15) is 5.11 Å². The third kappa shape index (κ3) is 3.93. The van der Waals surface area contributed by atoms with Crippen molar-refractivity contribution in [3.05, 3.63) is 33.8 Å². The Hall–Kier alpha value is -0.380. The van der Waals surface area contributed by atoms with Crippen LogP contribution in [0.25, 0.3) is 0 Å². The molecule has 1 aromatic carbocycles. The molecule has 3 heteroatoms. The summed E-state index contributed by atoms with van der Waals surface area (Å²) in [6.07, 6.45) is 0.443. The molecule has 0 aliphatic heterocycles. The number of benzene rings is 1. The Morgan fingerprint density at radius 3 is 2.87 bits per heavy atom. The SMILES string of the molecule is CCCOCC(O)c1cc(Br)ccc1C. The van der Waals surface area contributed by atoms with Crippen LogP contribution in [0, 0.1) is 6.92 Å². The van der Waals surface area contributed by atoms with Crippen molar-refractivity contribution in [1.29, 1.82) is 0 Å². The van der Waals surface area contributed by atoms with Crippen LogP contribution < -0.4 is 0 Å². The Morgan fingerprint density at radius 2 is 2.20 bits per heavy atom. The van der Waals surface area contributed by atoms with Gasteiger partial charge in [-0.1, -0.05) is 28.9 Å². The topological polar surface area (TPSA) is 29.5 Å². The fourth-order valence-corrected chi connectivity index (χ4v) is 1.78. The summed E-state index contributed by atoms with van der Waals surface area (Å²) >= 11 is 3.39. The molecule has 84 valence electrons. The van der Waals surface area contributed by atoms with Gasteiger partial charge in [0.25, 0.3) is 0 Å². The molecule has 0 aromatic heterocycles. The number of aliphatic hydroxyl groups is 1. The van der Waals surface area contributed by atoms with Crippen molar-refractivity contribution >= 4 is 15.9 Å². The van der Waals surface area contributed by atoms with Gasteiger partial charge >= 0.3 is 0 Å². The van der Waals surface area contributed by atoms with E-state index in [4.69, 9.17) is 4.74 Å². The van der Waals surface area contributed by atoms with E-state index in [1.54, 1.807) is 0 Å². The normalized spacial score (nSPS) is 12.8. The van der Waals surface area contributed by atoms with Gasteiger partial charge in [-0.3, -0.25) is 0 Å².